The lowest BCUT2D eigenvalue weighted by atomic mass is 9.83. The molecule has 3 nitrogen and oxygen atoms in total. The van der Waals surface area contributed by atoms with Crippen molar-refractivity contribution >= 4 is 5.91 Å². The fourth-order valence-corrected chi connectivity index (χ4v) is 2.02. The number of rotatable bonds is 6. The maximum absolute atomic E-state index is 12.1. The smallest absolute Gasteiger partial charge is 0.240 e. The van der Waals surface area contributed by atoms with Gasteiger partial charge >= 0.3 is 0 Å². The highest BCUT2D eigenvalue weighted by Crippen LogP contribution is 2.25. The number of nitrogens with one attached hydrogen (secondary N) is 1. The predicted molar refractivity (Wildman–Crippen MR) is 76.3 cm³/mol. The first-order valence-corrected chi connectivity index (χ1v) is 6.89. The maximum Gasteiger partial charge on any atom is 0.240 e. The molecule has 0 aromatic heterocycles. The van der Waals surface area contributed by atoms with Crippen LogP contribution in [0.5, 0.6) is 0 Å². The van der Waals surface area contributed by atoms with Crippen LogP contribution < -0.4 is 5.32 Å². The third kappa shape index (κ3) is 3.57. The van der Waals surface area contributed by atoms with E-state index in [1.54, 1.807) is 0 Å². The molecule has 0 fully saturated rings. The van der Waals surface area contributed by atoms with Gasteiger partial charge in [0.15, 0.2) is 0 Å². The second kappa shape index (κ2) is 6.94. The first-order valence-electron chi connectivity index (χ1n) is 6.89. The zero-order valence-corrected chi connectivity index (χ0v) is 12.0. The standard InChI is InChI=1S/C16H22N2O/c1-4-13-7-9-14(10-8-13)11-18-15(19)16(5-2,6-3)12-17/h7-10H,4-6,11H2,1-3H3,(H,18,19). The third-order valence-electron chi connectivity index (χ3n) is 3.74. The lowest BCUT2D eigenvalue weighted by Gasteiger charge is -2.22. The summed E-state index contributed by atoms with van der Waals surface area (Å²) < 4.78 is 0. The van der Waals surface area contributed by atoms with Crippen molar-refractivity contribution in [2.24, 2.45) is 5.41 Å². The van der Waals surface area contributed by atoms with Crippen LogP contribution in [0, 0.1) is 16.7 Å². The number of carbonyl (C=O) groups is 1. The summed E-state index contributed by atoms with van der Waals surface area (Å²) in [6, 6.07) is 10.3. The second-order valence-electron chi connectivity index (χ2n) is 4.75. The minimum absolute atomic E-state index is 0.167. The van der Waals surface area contributed by atoms with E-state index in [0.29, 0.717) is 19.4 Å². The highest BCUT2D eigenvalue weighted by atomic mass is 16.2. The van der Waals surface area contributed by atoms with Crippen LogP contribution in [0.25, 0.3) is 0 Å². The van der Waals surface area contributed by atoms with Gasteiger partial charge in [0, 0.05) is 6.54 Å². The van der Waals surface area contributed by atoms with Crippen molar-refractivity contribution in [3.8, 4) is 6.07 Å². The van der Waals surface area contributed by atoms with E-state index in [-0.39, 0.29) is 5.91 Å². The van der Waals surface area contributed by atoms with E-state index in [9.17, 15) is 10.1 Å². The quantitative estimate of drug-likeness (QED) is 0.852. The Morgan fingerprint density at radius 1 is 1.16 bits per heavy atom. The Morgan fingerprint density at radius 2 is 1.68 bits per heavy atom. The Hall–Kier alpha value is -1.82. The van der Waals surface area contributed by atoms with Gasteiger partial charge in [-0.25, -0.2) is 0 Å². The number of nitriles is 1. The zero-order chi connectivity index (χ0) is 14.3. The van der Waals surface area contributed by atoms with E-state index in [0.717, 1.165) is 12.0 Å². The number of nitrogens with zero attached hydrogens (tertiary/aromatic N) is 1. The first-order chi connectivity index (χ1) is 9.11. The Morgan fingerprint density at radius 3 is 2.11 bits per heavy atom. The molecule has 0 heterocycles. The van der Waals surface area contributed by atoms with Crippen molar-refractivity contribution in [3.05, 3.63) is 35.4 Å². The van der Waals surface area contributed by atoms with Gasteiger partial charge in [-0.2, -0.15) is 5.26 Å². The fraction of sp³-hybridized carbons (Fsp3) is 0.500. The third-order valence-corrected chi connectivity index (χ3v) is 3.74. The van der Waals surface area contributed by atoms with E-state index >= 15 is 0 Å². The van der Waals surface area contributed by atoms with Crippen molar-refractivity contribution in [1.29, 1.82) is 5.26 Å². The molecule has 1 aromatic carbocycles. The number of benzene rings is 1. The average Bonchev–Trinajstić information content (AvgIpc) is 2.48. The molecular weight excluding hydrogens is 236 g/mol. The van der Waals surface area contributed by atoms with E-state index in [4.69, 9.17) is 0 Å². The van der Waals surface area contributed by atoms with Crippen molar-refractivity contribution in [1.82, 2.24) is 5.32 Å². The molecule has 0 aliphatic rings. The normalized spacial score (nSPS) is 10.8. The SMILES string of the molecule is CCc1ccc(CNC(=O)C(C#N)(CC)CC)cc1. The van der Waals surface area contributed by atoms with Crippen molar-refractivity contribution < 1.29 is 4.79 Å². The van der Waals surface area contributed by atoms with Gasteiger partial charge in [0.05, 0.1) is 6.07 Å². The summed E-state index contributed by atoms with van der Waals surface area (Å²) in [5.74, 6) is -0.167. The Balaban J connectivity index is 2.65. The molecule has 0 radical (unpaired) electrons. The predicted octanol–water partition coefficient (Wildman–Crippen LogP) is 3.20. The lowest BCUT2D eigenvalue weighted by Crippen LogP contribution is -2.39. The molecule has 0 aliphatic heterocycles. The second-order valence-corrected chi connectivity index (χ2v) is 4.75. The molecule has 0 aliphatic carbocycles. The van der Waals surface area contributed by atoms with Crippen molar-refractivity contribution in [3.63, 3.8) is 0 Å². The van der Waals surface area contributed by atoms with E-state index in [1.807, 2.05) is 26.0 Å². The van der Waals surface area contributed by atoms with Crippen LogP contribution in [0.4, 0.5) is 0 Å². The number of amides is 1. The lowest BCUT2D eigenvalue weighted by molar-refractivity contribution is -0.128. The molecule has 1 rings (SSSR count). The van der Waals surface area contributed by atoms with Gasteiger partial charge in [0.1, 0.15) is 5.41 Å². The molecule has 1 N–H and O–H groups in total. The molecule has 0 unspecified atom stereocenters. The molecule has 0 atom stereocenters. The minimum atomic E-state index is -0.886. The summed E-state index contributed by atoms with van der Waals surface area (Å²) in [4.78, 5) is 12.1. The summed E-state index contributed by atoms with van der Waals surface area (Å²) >= 11 is 0. The number of aryl methyl sites for hydroxylation is 1. The van der Waals surface area contributed by atoms with Gasteiger partial charge < -0.3 is 5.32 Å². The zero-order valence-electron chi connectivity index (χ0n) is 12.0. The topological polar surface area (TPSA) is 52.9 Å². The Kier molecular flexibility index (Phi) is 5.57. The van der Waals surface area contributed by atoms with Crippen LogP contribution in [0.1, 0.15) is 44.7 Å². The molecule has 3 heteroatoms. The summed E-state index contributed by atoms with van der Waals surface area (Å²) in [6.45, 7) is 6.34. The van der Waals surface area contributed by atoms with Crippen LogP contribution in [0.3, 0.4) is 0 Å². The number of hydrogen-bond acceptors (Lipinski definition) is 2. The summed E-state index contributed by atoms with van der Waals surface area (Å²) in [5.41, 5.74) is 1.46. The van der Waals surface area contributed by atoms with Gasteiger partial charge in [0.2, 0.25) is 5.91 Å². The number of hydrogen-bond donors (Lipinski definition) is 1. The highest BCUT2D eigenvalue weighted by molar-refractivity contribution is 5.85. The minimum Gasteiger partial charge on any atom is -0.351 e. The molecule has 0 saturated carbocycles. The molecular formula is C16H22N2O. The largest absolute Gasteiger partial charge is 0.351 e. The highest BCUT2D eigenvalue weighted by Gasteiger charge is 2.34. The van der Waals surface area contributed by atoms with Crippen LogP contribution in [0.15, 0.2) is 24.3 Å². The van der Waals surface area contributed by atoms with Crippen LogP contribution in [-0.4, -0.2) is 5.91 Å². The summed E-state index contributed by atoms with van der Waals surface area (Å²) in [6.07, 6.45) is 2.09. The molecule has 0 bridgehead atoms. The monoisotopic (exact) mass is 258 g/mol. The van der Waals surface area contributed by atoms with E-state index < -0.39 is 5.41 Å². The molecule has 0 saturated heterocycles. The van der Waals surface area contributed by atoms with Crippen molar-refractivity contribution in [2.75, 3.05) is 0 Å². The van der Waals surface area contributed by atoms with Gasteiger partial charge in [-0.15, -0.1) is 0 Å². The van der Waals surface area contributed by atoms with Gasteiger partial charge in [-0.3, -0.25) is 4.79 Å². The summed E-state index contributed by atoms with van der Waals surface area (Å²) in [5, 5.41) is 12.1. The summed E-state index contributed by atoms with van der Waals surface area (Å²) in [7, 11) is 0. The van der Waals surface area contributed by atoms with Gasteiger partial charge in [-0.1, -0.05) is 45.0 Å². The first kappa shape index (κ1) is 15.2. The van der Waals surface area contributed by atoms with Gasteiger partial charge in [-0.05, 0) is 30.4 Å². The van der Waals surface area contributed by atoms with Crippen molar-refractivity contribution in [2.45, 2.75) is 46.6 Å². The molecule has 1 aromatic rings. The average molecular weight is 258 g/mol. The molecule has 102 valence electrons. The fourth-order valence-electron chi connectivity index (χ4n) is 2.02. The van der Waals surface area contributed by atoms with Crippen LogP contribution in [-0.2, 0) is 17.8 Å². The van der Waals surface area contributed by atoms with Crippen LogP contribution >= 0.6 is 0 Å². The van der Waals surface area contributed by atoms with Crippen LogP contribution in [0.2, 0.25) is 0 Å². The number of carbonyl (C=O) groups excluding carboxylic acids is 1. The van der Waals surface area contributed by atoms with E-state index in [2.05, 4.69) is 30.4 Å². The molecule has 19 heavy (non-hydrogen) atoms. The molecule has 1 amide bonds. The van der Waals surface area contributed by atoms with Gasteiger partial charge in [0.25, 0.3) is 0 Å². The molecule has 0 spiro atoms. The van der Waals surface area contributed by atoms with E-state index in [1.165, 1.54) is 5.56 Å². The maximum atomic E-state index is 12.1. The Labute approximate surface area is 115 Å². The Bertz CT molecular complexity index is 453.